The summed E-state index contributed by atoms with van der Waals surface area (Å²) in [6, 6.07) is 15.1. The molecule has 0 saturated carbocycles. The van der Waals surface area contributed by atoms with Crippen molar-refractivity contribution in [1.29, 1.82) is 0 Å². The van der Waals surface area contributed by atoms with Crippen LogP contribution in [0.25, 0.3) is 22.6 Å². The Labute approximate surface area is 166 Å². The molecule has 0 aliphatic rings. The van der Waals surface area contributed by atoms with Crippen molar-refractivity contribution in [3.8, 4) is 11.5 Å². The summed E-state index contributed by atoms with van der Waals surface area (Å²) < 4.78 is 10.9. The first kappa shape index (κ1) is 18.3. The van der Waals surface area contributed by atoms with Crippen molar-refractivity contribution in [2.75, 3.05) is 11.1 Å². The number of benzene rings is 2. The number of hydrogen-bond acceptors (Lipinski definition) is 6. The van der Waals surface area contributed by atoms with E-state index in [2.05, 4.69) is 15.5 Å². The van der Waals surface area contributed by atoms with E-state index in [0.29, 0.717) is 17.4 Å². The molecule has 0 fully saturated rings. The zero-order chi connectivity index (χ0) is 19.5. The van der Waals surface area contributed by atoms with Crippen LogP contribution in [0.5, 0.6) is 0 Å². The fourth-order valence-corrected chi connectivity index (χ4v) is 3.82. The minimum atomic E-state index is -0.0497. The Morgan fingerprint density at radius 2 is 1.89 bits per heavy atom. The summed E-state index contributed by atoms with van der Waals surface area (Å²) >= 11 is 1.53. The quantitative estimate of drug-likeness (QED) is 0.498. The van der Waals surface area contributed by atoms with Gasteiger partial charge in [0.25, 0.3) is 0 Å². The molecule has 2 heterocycles. The second-order valence-corrected chi connectivity index (χ2v) is 7.39. The number of nitrogens with one attached hydrogen (secondary N) is 1. The van der Waals surface area contributed by atoms with Gasteiger partial charge >= 0.3 is 0 Å². The van der Waals surface area contributed by atoms with E-state index in [-0.39, 0.29) is 5.91 Å². The first-order chi connectivity index (χ1) is 13.6. The first-order valence-corrected chi connectivity index (χ1v) is 10.0. The zero-order valence-electron chi connectivity index (χ0n) is 15.6. The standard InChI is InChI=1S/C21H19N3O3S/c1-13-17(14(2)27-24-13)11-28-12-20(25)22-16-9-7-15(8-10-16)21-23-18-5-3-4-6-19(18)26-21/h3-10H,11-12H2,1-2H3,(H,22,25). The van der Waals surface area contributed by atoms with Crippen molar-refractivity contribution < 1.29 is 13.7 Å². The molecule has 28 heavy (non-hydrogen) atoms. The van der Waals surface area contributed by atoms with Crippen molar-refractivity contribution in [2.45, 2.75) is 19.6 Å². The van der Waals surface area contributed by atoms with E-state index in [1.165, 1.54) is 11.8 Å². The van der Waals surface area contributed by atoms with E-state index in [4.69, 9.17) is 8.94 Å². The lowest BCUT2D eigenvalue weighted by atomic mass is 10.2. The van der Waals surface area contributed by atoms with Crippen LogP contribution in [0.15, 0.2) is 57.5 Å². The van der Waals surface area contributed by atoms with Crippen LogP contribution in [0.2, 0.25) is 0 Å². The summed E-state index contributed by atoms with van der Waals surface area (Å²) in [6.07, 6.45) is 0. The maximum Gasteiger partial charge on any atom is 0.234 e. The van der Waals surface area contributed by atoms with Gasteiger partial charge in [-0.1, -0.05) is 17.3 Å². The number of carbonyl (C=O) groups excluding carboxylic acids is 1. The molecule has 142 valence electrons. The van der Waals surface area contributed by atoms with Crippen molar-refractivity contribution in [2.24, 2.45) is 0 Å². The molecule has 2 aromatic heterocycles. The number of para-hydroxylation sites is 2. The predicted molar refractivity (Wildman–Crippen MR) is 110 cm³/mol. The van der Waals surface area contributed by atoms with Crippen LogP contribution < -0.4 is 5.32 Å². The molecular formula is C21H19N3O3S. The molecule has 6 nitrogen and oxygen atoms in total. The van der Waals surface area contributed by atoms with Crippen LogP contribution in [0.4, 0.5) is 5.69 Å². The number of anilines is 1. The average molecular weight is 393 g/mol. The SMILES string of the molecule is Cc1noc(C)c1CSCC(=O)Nc1ccc(-c2nc3ccccc3o2)cc1. The van der Waals surface area contributed by atoms with Gasteiger partial charge in [0, 0.05) is 22.6 Å². The highest BCUT2D eigenvalue weighted by atomic mass is 32.2. The Bertz CT molecular complexity index is 1060. The highest BCUT2D eigenvalue weighted by molar-refractivity contribution is 7.99. The van der Waals surface area contributed by atoms with Gasteiger partial charge in [-0.2, -0.15) is 0 Å². The van der Waals surface area contributed by atoms with Crippen LogP contribution in [-0.4, -0.2) is 21.8 Å². The molecule has 0 radical (unpaired) electrons. The largest absolute Gasteiger partial charge is 0.436 e. The monoisotopic (exact) mass is 393 g/mol. The van der Waals surface area contributed by atoms with Gasteiger partial charge in [-0.15, -0.1) is 11.8 Å². The van der Waals surface area contributed by atoms with Gasteiger partial charge < -0.3 is 14.3 Å². The van der Waals surface area contributed by atoms with Crippen molar-refractivity contribution in [3.05, 3.63) is 65.5 Å². The Hall–Kier alpha value is -3.06. The summed E-state index contributed by atoms with van der Waals surface area (Å²) in [6.45, 7) is 3.79. The van der Waals surface area contributed by atoms with Gasteiger partial charge in [0.05, 0.1) is 11.4 Å². The topological polar surface area (TPSA) is 81.2 Å². The van der Waals surface area contributed by atoms with E-state index in [9.17, 15) is 4.79 Å². The van der Waals surface area contributed by atoms with E-state index >= 15 is 0 Å². The molecule has 7 heteroatoms. The molecule has 0 aliphatic heterocycles. The molecular weight excluding hydrogens is 374 g/mol. The van der Waals surface area contributed by atoms with Crippen molar-refractivity contribution >= 4 is 34.5 Å². The fourth-order valence-electron chi connectivity index (χ4n) is 2.84. The molecule has 1 N–H and O–H groups in total. The van der Waals surface area contributed by atoms with Crippen LogP contribution >= 0.6 is 11.8 Å². The van der Waals surface area contributed by atoms with Crippen molar-refractivity contribution in [3.63, 3.8) is 0 Å². The second-order valence-electron chi connectivity index (χ2n) is 6.41. The molecule has 0 spiro atoms. The number of thioether (sulfide) groups is 1. The highest BCUT2D eigenvalue weighted by Gasteiger charge is 2.11. The number of aromatic nitrogens is 2. The summed E-state index contributed by atoms with van der Waals surface area (Å²) in [4.78, 5) is 16.7. The highest BCUT2D eigenvalue weighted by Crippen LogP contribution is 2.25. The molecule has 0 bridgehead atoms. The summed E-state index contributed by atoms with van der Waals surface area (Å²) in [5, 5.41) is 6.83. The molecule has 0 atom stereocenters. The molecule has 0 unspecified atom stereocenters. The number of amides is 1. The van der Waals surface area contributed by atoms with Gasteiger partial charge in [0.2, 0.25) is 11.8 Å². The van der Waals surface area contributed by atoms with E-state index in [1.807, 2.05) is 62.4 Å². The third-order valence-corrected chi connectivity index (χ3v) is 5.33. The number of oxazole rings is 1. The summed E-state index contributed by atoms with van der Waals surface area (Å²) in [5.74, 6) is 2.38. The Morgan fingerprint density at radius 3 is 2.61 bits per heavy atom. The van der Waals surface area contributed by atoms with Gasteiger partial charge in [-0.05, 0) is 50.2 Å². The molecule has 4 rings (SSSR count). The Kier molecular flexibility index (Phi) is 5.16. The predicted octanol–water partition coefficient (Wildman–Crippen LogP) is 4.97. The lowest BCUT2D eigenvalue weighted by Gasteiger charge is -2.06. The minimum Gasteiger partial charge on any atom is -0.436 e. The lowest BCUT2D eigenvalue weighted by molar-refractivity contribution is -0.113. The van der Waals surface area contributed by atoms with Crippen LogP contribution in [-0.2, 0) is 10.5 Å². The van der Waals surface area contributed by atoms with Crippen LogP contribution in [0, 0.1) is 13.8 Å². The summed E-state index contributed by atoms with van der Waals surface area (Å²) in [7, 11) is 0. The third-order valence-electron chi connectivity index (χ3n) is 4.37. The third kappa shape index (κ3) is 3.94. The minimum absolute atomic E-state index is 0.0497. The van der Waals surface area contributed by atoms with Gasteiger partial charge in [0.1, 0.15) is 11.3 Å². The van der Waals surface area contributed by atoms with Gasteiger partial charge in [-0.3, -0.25) is 4.79 Å². The number of nitrogens with zero attached hydrogens (tertiary/aromatic N) is 2. The Morgan fingerprint density at radius 1 is 1.11 bits per heavy atom. The zero-order valence-corrected chi connectivity index (χ0v) is 16.4. The Balaban J connectivity index is 1.34. The molecule has 0 saturated heterocycles. The summed E-state index contributed by atoms with van der Waals surface area (Å²) in [5.41, 5.74) is 5.11. The molecule has 1 amide bonds. The van der Waals surface area contributed by atoms with E-state index in [1.54, 1.807) is 0 Å². The average Bonchev–Trinajstić information content (AvgIpc) is 3.27. The number of carbonyl (C=O) groups is 1. The second kappa shape index (κ2) is 7.90. The molecule has 0 aliphatic carbocycles. The lowest BCUT2D eigenvalue weighted by Crippen LogP contribution is -2.14. The number of fused-ring (bicyclic) bond motifs is 1. The first-order valence-electron chi connectivity index (χ1n) is 8.85. The maximum absolute atomic E-state index is 12.2. The molecule has 4 aromatic rings. The number of hydrogen-bond donors (Lipinski definition) is 1. The van der Waals surface area contributed by atoms with Gasteiger partial charge in [-0.25, -0.2) is 4.98 Å². The van der Waals surface area contributed by atoms with E-state index < -0.39 is 0 Å². The molecule has 2 aromatic carbocycles. The van der Waals surface area contributed by atoms with Gasteiger partial charge in [0.15, 0.2) is 5.58 Å². The van der Waals surface area contributed by atoms with E-state index in [0.717, 1.165) is 39.4 Å². The fraction of sp³-hybridized carbons (Fsp3) is 0.190. The normalized spacial score (nSPS) is 11.1. The van der Waals surface area contributed by atoms with Crippen molar-refractivity contribution in [1.82, 2.24) is 10.1 Å². The maximum atomic E-state index is 12.2. The smallest absolute Gasteiger partial charge is 0.234 e. The number of rotatable bonds is 6. The van der Waals surface area contributed by atoms with Crippen LogP contribution in [0.1, 0.15) is 17.0 Å². The number of aryl methyl sites for hydroxylation is 2. The van der Waals surface area contributed by atoms with Crippen LogP contribution in [0.3, 0.4) is 0 Å².